The minimum absolute atomic E-state index is 0.497. The SMILES string of the molecule is NCc1ccccc1-c1noc2ccccc12. The third-order valence-corrected chi connectivity index (χ3v) is 2.87. The molecule has 3 heteroatoms. The van der Waals surface area contributed by atoms with Crippen molar-refractivity contribution in [3.05, 3.63) is 54.1 Å². The molecule has 0 bridgehead atoms. The van der Waals surface area contributed by atoms with Crippen molar-refractivity contribution in [2.24, 2.45) is 5.73 Å². The fourth-order valence-electron chi connectivity index (χ4n) is 2.01. The number of fused-ring (bicyclic) bond motifs is 1. The van der Waals surface area contributed by atoms with Gasteiger partial charge in [0.1, 0.15) is 5.69 Å². The van der Waals surface area contributed by atoms with Crippen LogP contribution in [-0.2, 0) is 6.54 Å². The van der Waals surface area contributed by atoms with E-state index in [2.05, 4.69) is 5.16 Å². The van der Waals surface area contributed by atoms with Gasteiger partial charge in [0.25, 0.3) is 0 Å². The zero-order valence-corrected chi connectivity index (χ0v) is 9.26. The van der Waals surface area contributed by atoms with E-state index >= 15 is 0 Å². The highest BCUT2D eigenvalue weighted by Gasteiger charge is 2.11. The van der Waals surface area contributed by atoms with Crippen molar-refractivity contribution in [2.45, 2.75) is 6.54 Å². The van der Waals surface area contributed by atoms with Crippen molar-refractivity contribution in [2.75, 3.05) is 0 Å². The van der Waals surface area contributed by atoms with E-state index in [1.807, 2.05) is 48.5 Å². The molecule has 1 heterocycles. The summed E-state index contributed by atoms with van der Waals surface area (Å²) in [6.07, 6.45) is 0. The highest BCUT2D eigenvalue weighted by atomic mass is 16.5. The number of hydrogen-bond acceptors (Lipinski definition) is 3. The number of nitrogens with two attached hydrogens (primary N) is 1. The van der Waals surface area contributed by atoms with Crippen LogP contribution in [0, 0.1) is 0 Å². The third kappa shape index (κ3) is 1.61. The van der Waals surface area contributed by atoms with Crippen LogP contribution in [-0.4, -0.2) is 5.16 Å². The van der Waals surface area contributed by atoms with Gasteiger partial charge >= 0.3 is 0 Å². The summed E-state index contributed by atoms with van der Waals surface area (Å²) in [5.41, 5.74) is 9.52. The molecular weight excluding hydrogens is 212 g/mol. The number of para-hydroxylation sites is 1. The summed E-state index contributed by atoms with van der Waals surface area (Å²) in [4.78, 5) is 0. The second-order valence-electron chi connectivity index (χ2n) is 3.89. The second-order valence-corrected chi connectivity index (χ2v) is 3.89. The van der Waals surface area contributed by atoms with Crippen LogP contribution in [0.15, 0.2) is 53.1 Å². The van der Waals surface area contributed by atoms with Crippen molar-refractivity contribution in [1.82, 2.24) is 5.16 Å². The van der Waals surface area contributed by atoms with Gasteiger partial charge in [-0.1, -0.05) is 41.6 Å². The van der Waals surface area contributed by atoms with E-state index in [1.54, 1.807) is 0 Å². The first kappa shape index (κ1) is 10.1. The summed E-state index contributed by atoms with van der Waals surface area (Å²) in [6.45, 7) is 0.497. The summed E-state index contributed by atoms with van der Waals surface area (Å²) >= 11 is 0. The first-order chi connectivity index (χ1) is 8.40. The number of nitrogens with zero attached hydrogens (tertiary/aromatic N) is 1. The maximum absolute atomic E-state index is 5.74. The van der Waals surface area contributed by atoms with Crippen molar-refractivity contribution in [3.63, 3.8) is 0 Å². The lowest BCUT2D eigenvalue weighted by Crippen LogP contribution is -1.98. The predicted molar refractivity (Wildman–Crippen MR) is 67.3 cm³/mol. The van der Waals surface area contributed by atoms with Crippen molar-refractivity contribution >= 4 is 11.0 Å². The minimum Gasteiger partial charge on any atom is -0.356 e. The Morgan fingerprint density at radius 1 is 1.00 bits per heavy atom. The summed E-state index contributed by atoms with van der Waals surface area (Å²) in [5, 5.41) is 5.17. The van der Waals surface area contributed by atoms with E-state index in [1.165, 1.54) is 0 Å². The van der Waals surface area contributed by atoms with Crippen LogP contribution in [0.5, 0.6) is 0 Å². The monoisotopic (exact) mass is 224 g/mol. The Bertz CT molecular complexity index is 658. The summed E-state index contributed by atoms with van der Waals surface area (Å²) in [5.74, 6) is 0. The molecule has 3 rings (SSSR count). The van der Waals surface area contributed by atoms with Gasteiger partial charge in [0, 0.05) is 17.5 Å². The van der Waals surface area contributed by atoms with E-state index < -0.39 is 0 Å². The maximum Gasteiger partial charge on any atom is 0.167 e. The molecule has 2 aromatic carbocycles. The molecule has 0 aliphatic heterocycles. The van der Waals surface area contributed by atoms with Gasteiger partial charge in [-0.3, -0.25) is 0 Å². The maximum atomic E-state index is 5.74. The zero-order chi connectivity index (χ0) is 11.7. The molecule has 1 aromatic heterocycles. The topological polar surface area (TPSA) is 52.0 Å². The molecule has 0 radical (unpaired) electrons. The fraction of sp³-hybridized carbons (Fsp3) is 0.0714. The lowest BCUT2D eigenvalue weighted by molar-refractivity contribution is 0.459. The Morgan fingerprint density at radius 3 is 2.65 bits per heavy atom. The predicted octanol–water partition coefficient (Wildman–Crippen LogP) is 2.95. The van der Waals surface area contributed by atoms with Gasteiger partial charge < -0.3 is 10.3 Å². The Morgan fingerprint density at radius 2 is 1.76 bits per heavy atom. The quantitative estimate of drug-likeness (QED) is 0.728. The molecule has 0 unspecified atom stereocenters. The van der Waals surface area contributed by atoms with E-state index in [0.29, 0.717) is 6.54 Å². The smallest absolute Gasteiger partial charge is 0.167 e. The molecule has 84 valence electrons. The lowest BCUT2D eigenvalue weighted by Gasteiger charge is -2.03. The van der Waals surface area contributed by atoms with Crippen LogP contribution in [0.4, 0.5) is 0 Å². The minimum atomic E-state index is 0.497. The van der Waals surface area contributed by atoms with Crippen molar-refractivity contribution in [1.29, 1.82) is 0 Å². The van der Waals surface area contributed by atoms with Gasteiger partial charge in [0.2, 0.25) is 0 Å². The molecule has 3 aromatic rings. The Labute approximate surface area is 98.8 Å². The molecule has 17 heavy (non-hydrogen) atoms. The number of aromatic nitrogens is 1. The van der Waals surface area contributed by atoms with E-state index in [9.17, 15) is 0 Å². The van der Waals surface area contributed by atoms with Gasteiger partial charge in [-0.25, -0.2) is 0 Å². The standard InChI is InChI=1S/C14H12N2O/c15-9-10-5-1-2-6-11(10)14-12-7-3-4-8-13(12)17-16-14/h1-8H,9,15H2. The van der Waals surface area contributed by atoms with Gasteiger partial charge in [-0.15, -0.1) is 0 Å². The van der Waals surface area contributed by atoms with Crippen LogP contribution in [0.3, 0.4) is 0 Å². The number of benzene rings is 2. The number of rotatable bonds is 2. The molecule has 0 atom stereocenters. The zero-order valence-electron chi connectivity index (χ0n) is 9.26. The molecule has 0 saturated heterocycles. The highest BCUT2D eigenvalue weighted by Crippen LogP contribution is 2.29. The molecule has 2 N–H and O–H groups in total. The summed E-state index contributed by atoms with van der Waals surface area (Å²) < 4.78 is 5.31. The normalized spacial score (nSPS) is 10.9. The van der Waals surface area contributed by atoms with Gasteiger partial charge in [-0.05, 0) is 17.7 Å². The van der Waals surface area contributed by atoms with Crippen LogP contribution >= 0.6 is 0 Å². The van der Waals surface area contributed by atoms with Crippen LogP contribution < -0.4 is 5.73 Å². The first-order valence-electron chi connectivity index (χ1n) is 5.53. The average Bonchev–Trinajstić information content (AvgIpc) is 2.82. The Hall–Kier alpha value is -2.13. The third-order valence-electron chi connectivity index (χ3n) is 2.87. The lowest BCUT2D eigenvalue weighted by atomic mass is 10.0. The molecule has 0 aliphatic carbocycles. The molecule has 0 spiro atoms. The highest BCUT2D eigenvalue weighted by molar-refractivity contribution is 5.92. The van der Waals surface area contributed by atoms with E-state index in [-0.39, 0.29) is 0 Å². The molecular formula is C14H12N2O. The first-order valence-corrected chi connectivity index (χ1v) is 5.53. The molecule has 0 aliphatic rings. The Balaban J connectivity index is 2.27. The largest absolute Gasteiger partial charge is 0.356 e. The fourth-order valence-corrected chi connectivity index (χ4v) is 2.01. The van der Waals surface area contributed by atoms with Gasteiger partial charge in [0.05, 0.1) is 0 Å². The van der Waals surface area contributed by atoms with E-state index in [4.69, 9.17) is 10.3 Å². The molecule has 3 nitrogen and oxygen atoms in total. The number of hydrogen-bond donors (Lipinski definition) is 1. The molecule has 0 amide bonds. The summed E-state index contributed by atoms with van der Waals surface area (Å²) in [6, 6.07) is 15.8. The second kappa shape index (κ2) is 4.03. The van der Waals surface area contributed by atoms with Gasteiger partial charge in [0.15, 0.2) is 5.58 Å². The van der Waals surface area contributed by atoms with E-state index in [0.717, 1.165) is 27.8 Å². The average molecular weight is 224 g/mol. The van der Waals surface area contributed by atoms with Crippen LogP contribution in [0.2, 0.25) is 0 Å². The van der Waals surface area contributed by atoms with Gasteiger partial charge in [-0.2, -0.15) is 0 Å². The Kier molecular flexibility index (Phi) is 2.38. The van der Waals surface area contributed by atoms with Crippen molar-refractivity contribution in [3.8, 4) is 11.3 Å². The van der Waals surface area contributed by atoms with Crippen molar-refractivity contribution < 1.29 is 4.52 Å². The van der Waals surface area contributed by atoms with Crippen LogP contribution in [0.25, 0.3) is 22.2 Å². The molecule has 0 saturated carbocycles. The summed E-state index contributed by atoms with van der Waals surface area (Å²) in [7, 11) is 0. The van der Waals surface area contributed by atoms with Crippen LogP contribution in [0.1, 0.15) is 5.56 Å². The molecule has 0 fully saturated rings.